The summed E-state index contributed by atoms with van der Waals surface area (Å²) in [6.45, 7) is 12.5. The standard InChI is InChI=1S/C18H29N3O3/c1-6-18(4,5)19-16(22)14(3)20-9-11-21(12-10-20)17(23)15-8-7-13(2)24-15/h7-8,14H,6,9-12H2,1-5H3,(H,19,22). The highest BCUT2D eigenvalue weighted by Gasteiger charge is 2.30. The molecule has 1 atom stereocenters. The molecule has 2 heterocycles. The predicted octanol–water partition coefficient (Wildman–Crippen LogP) is 2.04. The van der Waals surface area contributed by atoms with Gasteiger partial charge in [-0.1, -0.05) is 6.92 Å². The molecule has 134 valence electrons. The maximum absolute atomic E-state index is 12.4. The first-order valence-corrected chi connectivity index (χ1v) is 8.65. The lowest BCUT2D eigenvalue weighted by molar-refractivity contribution is -0.128. The van der Waals surface area contributed by atoms with Gasteiger partial charge in [0, 0.05) is 31.7 Å². The summed E-state index contributed by atoms with van der Waals surface area (Å²) in [5, 5.41) is 3.09. The van der Waals surface area contributed by atoms with E-state index >= 15 is 0 Å². The summed E-state index contributed by atoms with van der Waals surface area (Å²) in [7, 11) is 0. The zero-order valence-electron chi connectivity index (χ0n) is 15.4. The van der Waals surface area contributed by atoms with E-state index in [1.807, 2.05) is 27.7 Å². The van der Waals surface area contributed by atoms with Gasteiger partial charge >= 0.3 is 0 Å². The van der Waals surface area contributed by atoms with Crippen LogP contribution in [0, 0.1) is 6.92 Å². The molecule has 0 bridgehead atoms. The third-order valence-electron chi connectivity index (χ3n) is 4.83. The van der Waals surface area contributed by atoms with Gasteiger partial charge in [0.25, 0.3) is 5.91 Å². The van der Waals surface area contributed by atoms with Gasteiger partial charge in [-0.2, -0.15) is 0 Å². The van der Waals surface area contributed by atoms with E-state index in [0.29, 0.717) is 31.9 Å². The van der Waals surface area contributed by atoms with Crippen LogP contribution in [-0.2, 0) is 4.79 Å². The minimum atomic E-state index is -0.195. The van der Waals surface area contributed by atoms with Crippen LogP contribution in [0.25, 0.3) is 0 Å². The Morgan fingerprint density at radius 1 is 1.25 bits per heavy atom. The number of carbonyl (C=O) groups excluding carboxylic acids is 2. The fraction of sp³-hybridized carbons (Fsp3) is 0.667. The Bertz CT molecular complexity index is 586. The maximum atomic E-state index is 12.4. The van der Waals surface area contributed by atoms with Crippen molar-refractivity contribution in [1.29, 1.82) is 0 Å². The molecule has 0 aliphatic carbocycles. The van der Waals surface area contributed by atoms with Crippen molar-refractivity contribution in [3.63, 3.8) is 0 Å². The average molecular weight is 335 g/mol. The zero-order chi connectivity index (χ0) is 17.9. The summed E-state index contributed by atoms with van der Waals surface area (Å²) < 4.78 is 5.41. The number of nitrogens with zero attached hydrogens (tertiary/aromatic N) is 2. The smallest absolute Gasteiger partial charge is 0.289 e. The van der Waals surface area contributed by atoms with Gasteiger partial charge in [-0.3, -0.25) is 14.5 Å². The van der Waals surface area contributed by atoms with Crippen molar-refractivity contribution in [2.24, 2.45) is 0 Å². The fourth-order valence-electron chi connectivity index (χ4n) is 2.71. The van der Waals surface area contributed by atoms with Crippen molar-refractivity contribution in [3.05, 3.63) is 23.7 Å². The van der Waals surface area contributed by atoms with E-state index in [0.717, 1.165) is 12.2 Å². The van der Waals surface area contributed by atoms with Crippen molar-refractivity contribution in [2.45, 2.75) is 52.6 Å². The third-order valence-corrected chi connectivity index (χ3v) is 4.83. The van der Waals surface area contributed by atoms with Gasteiger partial charge in [-0.25, -0.2) is 0 Å². The molecular weight excluding hydrogens is 306 g/mol. The molecule has 0 saturated carbocycles. The van der Waals surface area contributed by atoms with E-state index in [1.54, 1.807) is 17.0 Å². The van der Waals surface area contributed by atoms with Crippen molar-refractivity contribution >= 4 is 11.8 Å². The van der Waals surface area contributed by atoms with Crippen LogP contribution in [0.1, 0.15) is 50.4 Å². The molecule has 1 aromatic heterocycles. The Balaban J connectivity index is 1.88. The number of hydrogen-bond acceptors (Lipinski definition) is 4. The number of nitrogens with one attached hydrogen (secondary N) is 1. The molecular formula is C18H29N3O3. The summed E-state index contributed by atoms with van der Waals surface area (Å²) >= 11 is 0. The molecule has 1 unspecified atom stereocenters. The van der Waals surface area contributed by atoms with Crippen LogP contribution >= 0.6 is 0 Å². The van der Waals surface area contributed by atoms with Crippen molar-refractivity contribution in [1.82, 2.24) is 15.1 Å². The zero-order valence-corrected chi connectivity index (χ0v) is 15.4. The number of furan rings is 1. The highest BCUT2D eigenvalue weighted by Crippen LogP contribution is 2.14. The highest BCUT2D eigenvalue weighted by atomic mass is 16.3. The first-order chi connectivity index (χ1) is 11.2. The van der Waals surface area contributed by atoms with Crippen molar-refractivity contribution in [3.8, 4) is 0 Å². The fourth-order valence-corrected chi connectivity index (χ4v) is 2.71. The monoisotopic (exact) mass is 335 g/mol. The minimum absolute atomic E-state index is 0.0447. The van der Waals surface area contributed by atoms with Crippen molar-refractivity contribution in [2.75, 3.05) is 26.2 Å². The third kappa shape index (κ3) is 4.38. The summed E-state index contributed by atoms with van der Waals surface area (Å²) in [6.07, 6.45) is 0.885. The second-order valence-corrected chi connectivity index (χ2v) is 7.14. The number of hydrogen-bond donors (Lipinski definition) is 1. The predicted molar refractivity (Wildman–Crippen MR) is 92.9 cm³/mol. The Hall–Kier alpha value is -1.82. The van der Waals surface area contributed by atoms with E-state index in [9.17, 15) is 9.59 Å². The summed E-state index contributed by atoms with van der Waals surface area (Å²) in [5.74, 6) is 1.09. The molecule has 24 heavy (non-hydrogen) atoms. The number of aryl methyl sites for hydroxylation is 1. The van der Waals surface area contributed by atoms with Gasteiger partial charge < -0.3 is 14.6 Å². The number of piperazine rings is 1. The summed E-state index contributed by atoms with van der Waals surface area (Å²) in [5.41, 5.74) is -0.194. The average Bonchev–Trinajstić information content (AvgIpc) is 2.99. The molecule has 1 aromatic rings. The lowest BCUT2D eigenvalue weighted by atomic mass is 10.0. The van der Waals surface area contributed by atoms with Gasteiger partial charge in [0.1, 0.15) is 5.76 Å². The molecule has 1 N–H and O–H groups in total. The quantitative estimate of drug-likeness (QED) is 0.894. The van der Waals surface area contributed by atoms with Gasteiger partial charge in [0.15, 0.2) is 5.76 Å². The van der Waals surface area contributed by atoms with Crippen molar-refractivity contribution < 1.29 is 14.0 Å². The van der Waals surface area contributed by atoms with E-state index < -0.39 is 0 Å². The van der Waals surface area contributed by atoms with Crippen LogP contribution in [-0.4, -0.2) is 59.4 Å². The van der Waals surface area contributed by atoms with E-state index in [1.165, 1.54) is 0 Å². The first kappa shape index (κ1) is 18.5. The van der Waals surface area contributed by atoms with Gasteiger partial charge in [0.2, 0.25) is 5.91 Å². The SMILES string of the molecule is CCC(C)(C)NC(=O)C(C)N1CCN(C(=O)c2ccc(C)o2)CC1. The molecule has 0 spiro atoms. The Morgan fingerprint density at radius 2 is 1.88 bits per heavy atom. The normalized spacial score (nSPS) is 17.6. The molecule has 1 saturated heterocycles. The topological polar surface area (TPSA) is 65.8 Å². The minimum Gasteiger partial charge on any atom is -0.456 e. The molecule has 1 aliphatic heterocycles. The van der Waals surface area contributed by atoms with Crippen LogP contribution in [0.5, 0.6) is 0 Å². The molecule has 6 heteroatoms. The number of carbonyl (C=O) groups is 2. The van der Waals surface area contributed by atoms with E-state index in [-0.39, 0.29) is 23.4 Å². The molecule has 0 radical (unpaired) electrons. The Morgan fingerprint density at radius 3 is 2.38 bits per heavy atom. The van der Waals surface area contributed by atoms with Crippen LogP contribution in [0.15, 0.2) is 16.5 Å². The number of amides is 2. The second-order valence-electron chi connectivity index (χ2n) is 7.14. The molecule has 1 aliphatic rings. The van der Waals surface area contributed by atoms with Gasteiger partial charge in [-0.15, -0.1) is 0 Å². The van der Waals surface area contributed by atoms with Gasteiger partial charge in [0.05, 0.1) is 6.04 Å². The van der Waals surface area contributed by atoms with Crippen LogP contribution in [0.3, 0.4) is 0 Å². The summed E-state index contributed by atoms with van der Waals surface area (Å²) in [6, 6.07) is 3.32. The Kier molecular flexibility index (Phi) is 5.70. The largest absolute Gasteiger partial charge is 0.456 e. The van der Waals surface area contributed by atoms with E-state index in [2.05, 4.69) is 17.1 Å². The maximum Gasteiger partial charge on any atom is 0.289 e. The lowest BCUT2D eigenvalue weighted by Gasteiger charge is -2.38. The van der Waals surface area contributed by atoms with Crippen LogP contribution in [0.2, 0.25) is 0 Å². The molecule has 6 nitrogen and oxygen atoms in total. The van der Waals surface area contributed by atoms with Gasteiger partial charge in [-0.05, 0) is 46.2 Å². The van der Waals surface area contributed by atoms with Crippen LogP contribution in [0.4, 0.5) is 0 Å². The number of rotatable bonds is 5. The second kappa shape index (κ2) is 7.38. The lowest BCUT2D eigenvalue weighted by Crippen LogP contribution is -2.57. The summed E-state index contributed by atoms with van der Waals surface area (Å²) in [4.78, 5) is 28.7. The first-order valence-electron chi connectivity index (χ1n) is 8.65. The molecule has 0 aromatic carbocycles. The molecule has 2 amide bonds. The Labute approximate surface area is 144 Å². The molecule has 1 fully saturated rings. The molecule has 2 rings (SSSR count). The highest BCUT2D eigenvalue weighted by molar-refractivity contribution is 5.91. The van der Waals surface area contributed by atoms with Crippen LogP contribution < -0.4 is 5.32 Å². The van der Waals surface area contributed by atoms with E-state index in [4.69, 9.17) is 4.42 Å².